The second-order valence-electron chi connectivity index (χ2n) is 6.55. The van der Waals surface area contributed by atoms with Crippen LogP contribution in [0.2, 0.25) is 13.3 Å². The Kier molecular flexibility index (Phi) is 13.9. The van der Waals surface area contributed by atoms with Gasteiger partial charge in [-0.05, 0) is 0 Å². The van der Waals surface area contributed by atoms with Gasteiger partial charge in [0, 0.05) is 0 Å². The van der Waals surface area contributed by atoms with E-state index in [-0.39, 0.29) is 4.70 Å². The van der Waals surface area contributed by atoms with Crippen LogP contribution in [0.5, 0.6) is 0 Å². The fourth-order valence-electron chi connectivity index (χ4n) is 1.85. The van der Waals surface area contributed by atoms with E-state index in [0.717, 1.165) is 17.8 Å². The van der Waals surface area contributed by atoms with Gasteiger partial charge in [-0.2, -0.15) is 0 Å². The summed E-state index contributed by atoms with van der Waals surface area (Å²) in [4.78, 5) is 0. The van der Waals surface area contributed by atoms with E-state index in [0.29, 0.717) is 0 Å². The third kappa shape index (κ3) is 14.7. The first-order valence-corrected chi connectivity index (χ1v) is 13.3. The van der Waals surface area contributed by atoms with Crippen molar-refractivity contribution in [2.45, 2.75) is 74.1 Å². The molecule has 0 saturated carbocycles. The Morgan fingerprint density at radius 1 is 0.588 bits per heavy atom. The summed E-state index contributed by atoms with van der Waals surface area (Å²) in [5.41, 5.74) is 0. The van der Waals surface area contributed by atoms with Crippen molar-refractivity contribution in [3.05, 3.63) is 0 Å². The van der Waals surface area contributed by atoms with Crippen molar-refractivity contribution < 1.29 is 4.70 Å². The topological polar surface area (TPSA) is 0 Å². The molecule has 0 spiro atoms. The van der Waals surface area contributed by atoms with Gasteiger partial charge in [0.15, 0.2) is 0 Å². The minimum atomic E-state index is -0.982. The maximum absolute atomic E-state index is 2.38. The summed E-state index contributed by atoms with van der Waals surface area (Å²) < 4.78 is 4.96. The molecule has 2 heteroatoms. The first-order valence-electron chi connectivity index (χ1n) is 7.25. The first kappa shape index (κ1) is 20.1. The normalized spacial score (nSPS) is 11.1. The van der Waals surface area contributed by atoms with Crippen LogP contribution in [-0.4, -0.2) is 19.8 Å². The molecule has 0 aromatic rings. The number of hydrogen-bond donors (Lipinski definition) is 0. The van der Waals surface area contributed by atoms with Crippen molar-refractivity contribution in [3.8, 4) is 0 Å². The zero-order valence-electron chi connectivity index (χ0n) is 12.9. The molecule has 0 aliphatic rings. The van der Waals surface area contributed by atoms with E-state index in [1.807, 2.05) is 0 Å². The summed E-state index contributed by atoms with van der Waals surface area (Å²) in [5, 5.41) is 0. The molecule has 104 valence electrons. The summed E-state index contributed by atoms with van der Waals surface area (Å²) in [5.74, 6) is 2.77. The summed E-state index contributed by atoms with van der Waals surface area (Å²) in [6.45, 7) is 14.3. The van der Waals surface area contributed by atoms with Crippen LogP contribution in [0.4, 0.5) is 0 Å². The quantitative estimate of drug-likeness (QED) is 0.561. The van der Waals surface area contributed by atoms with Crippen LogP contribution in [0.15, 0.2) is 0 Å². The molecule has 0 aliphatic carbocycles. The van der Waals surface area contributed by atoms with E-state index in [1.54, 1.807) is 13.3 Å². The van der Waals surface area contributed by atoms with Crippen molar-refractivity contribution in [2.24, 2.45) is 17.8 Å². The molecular formula is C15H33FSn. The van der Waals surface area contributed by atoms with Gasteiger partial charge in [-0.15, -0.1) is 0 Å². The second-order valence-corrected chi connectivity index (χ2v) is 15.1. The van der Waals surface area contributed by atoms with Crippen LogP contribution < -0.4 is 4.70 Å². The summed E-state index contributed by atoms with van der Waals surface area (Å²) in [7, 11) is 0. The van der Waals surface area contributed by atoms with Crippen LogP contribution in [0, 0.1) is 17.8 Å². The van der Waals surface area contributed by atoms with E-state index < -0.39 is 19.8 Å². The molecule has 0 unspecified atom stereocenters. The van der Waals surface area contributed by atoms with Gasteiger partial charge in [0.25, 0.3) is 0 Å². The molecule has 0 fully saturated rings. The monoisotopic (exact) mass is 352 g/mol. The SMILES string of the molecule is CC(C)C[CH2][Sn+]([CH2]CC(C)C)[CH2]CC(C)C.[F-]. The van der Waals surface area contributed by atoms with E-state index in [2.05, 4.69) is 41.5 Å². The maximum atomic E-state index is 2.38. The largest absolute Gasteiger partial charge is 1.00 e. The van der Waals surface area contributed by atoms with E-state index in [9.17, 15) is 0 Å². The Morgan fingerprint density at radius 3 is 1.00 bits per heavy atom. The zero-order chi connectivity index (χ0) is 12.6. The average molecular weight is 351 g/mol. The van der Waals surface area contributed by atoms with E-state index >= 15 is 0 Å². The van der Waals surface area contributed by atoms with E-state index in [4.69, 9.17) is 0 Å². The predicted molar refractivity (Wildman–Crippen MR) is 78.5 cm³/mol. The fourth-order valence-corrected chi connectivity index (χ4v) is 12.4. The van der Waals surface area contributed by atoms with Crippen molar-refractivity contribution in [3.63, 3.8) is 0 Å². The minimum absolute atomic E-state index is 0. The van der Waals surface area contributed by atoms with Gasteiger partial charge >= 0.3 is 112 Å². The van der Waals surface area contributed by atoms with Crippen LogP contribution in [0.3, 0.4) is 0 Å². The Bertz CT molecular complexity index is 126. The second kappa shape index (κ2) is 11.8. The number of halogens is 1. The van der Waals surface area contributed by atoms with Crippen molar-refractivity contribution in [2.75, 3.05) is 0 Å². The summed E-state index contributed by atoms with van der Waals surface area (Å²) in [6.07, 6.45) is 4.51. The molecule has 0 atom stereocenters. The molecule has 0 aliphatic heterocycles. The summed E-state index contributed by atoms with van der Waals surface area (Å²) in [6, 6.07) is 0. The number of rotatable bonds is 9. The molecule has 0 amide bonds. The van der Waals surface area contributed by atoms with Gasteiger partial charge in [-0.25, -0.2) is 0 Å². The van der Waals surface area contributed by atoms with Gasteiger partial charge < -0.3 is 4.70 Å². The molecule has 0 N–H and O–H groups in total. The van der Waals surface area contributed by atoms with Crippen LogP contribution in [-0.2, 0) is 0 Å². The average Bonchev–Trinajstić information content (AvgIpc) is 2.15. The Morgan fingerprint density at radius 2 is 0.824 bits per heavy atom. The van der Waals surface area contributed by atoms with Gasteiger partial charge in [0.1, 0.15) is 0 Å². The number of hydrogen-bond acceptors (Lipinski definition) is 0. The fraction of sp³-hybridized carbons (Fsp3) is 1.00. The van der Waals surface area contributed by atoms with Gasteiger partial charge in [-0.1, -0.05) is 0 Å². The predicted octanol–water partition coefficient (Wildman–Crippen LogP) is 2.62. The van der Waals surface area contributed by atoms with Crippen LogP contribution in [0.1, 0.15) is 60.8 Å². The molecular weight excluding hydrogens is 318 g/mol. The van der Waals surface area contributed by atoms with Crippen LogP contribution in [0.25, 0.3) is 0 Å². The third-order valence-electron chi connectivity index (χ3n) is 3.23. The van der Waals surface area contributed by atoms with Gasteiger partial charge in [0.05, 0.1) is 0 Å². The molecule has 0 saturated heterocycles. The third-order valence-corrected chi connectivity index (χ3v) is 11.8. The van der Waals surface area contributed by atoms with Gasteiger partial charge in [-0.3, -0.25) is 0 Å². The Labute approximate surface area is 116 Å². The Hall–Kier alpha value is 0.729. The molecule has 0 radical (unpaired) electrons. The van der Waals surface area contributed by atoms with Gasteiger partial charge in [0.2, 0.25) is 0 Å². The molecule has 0 rings (SSSR count). The summed E-state index contributed by atoms with van der Waals surface area (Å²) >= 11 is -0.982. The van der Waals surface area contributed by atoms with Crippen molar-refractivity contribution >= 4 is 19.8 Å². The standard InChI is InChI=1S/3C5H11.FH.Sn/c3*1-4-5(2)3;;/h3*5H,1,4H2,2-3H3;1H;/q;;;;+1/p-1. The smallest absolute Gasteiger partial charge is 1.00 e. The first-order chi connectivity index (χ1) is 7.41. The molecule has 17 heavy (non-hydrogen) atoms. The van der Waals surface area contributed by atoms with Crippen molar-refractivity contribution in [1.82, 2.24) is 0 Å². The zero-order valence-corrected chi connectivity index (χ0v) is 15.7. The van der Waals surface area contributed by atoms with Crippen LogP contribution >= 0.6 is 0 Å². The molecule has 0 heterocycles. The molecule has 0 aromatic heterocycles. The molecule has 0 nitrogen and oxygen atoms in total. The minimum Gasteiger partial charge on any atom is -1.00 e. The van der Waals surface area contributed by atoms with Crippen molar-refractivity contribution in [1.29, 1.82) is 0 Å². The molecule has 0 bridgehead atoms. The van der Waals surface area contributed by atoms with E-state index in [1.165, 1.54) is 19.3 Å². The maximum Gasteiger partial charge on any atom is -1.00 e. The molecule has 0 aromatic carbocycles. The Balaban J connectivity index is 0.